The molecule has 1 aliphatic rings. The van der Waals surface area contributed by atoms with E-state index in [0.29, 0.717) is 19.4 Å². The third-order valence-corrected chi connectivity index (χ3v) is 3.46. The van der Waals surface area contributed by atoms with Crippen molar-refractivity contribution < 1.29 is 14.3 Å². The van der Waals surface area contributed by atoms with E-state index < -0.39 is 21.9 Å². The van der Waals surface area contributed by atoms with Gasteiger partial charge in [-0.1, -0.05) is 23.2 Å². The van der Waals surface area contributed by atoms with Gasteiger partial charge in [0.05, 0.1) is 5.88 Å². The number of carbonyl (C=O) groups is 2. The van der Waals surface area contributed by atoms with E-state index in [4.69, 9.17) is 51.1 Å². The Morgan fingerprint density at radius 1 is 1.44 bits per heavy atom. The zero-order valence-electron chi connectivity index (χ0n) is 8.09. The Morgan fingerprint density at radius 2 is 2.06 bits per heavy atom. The molecule has 0 aliphatic carbocycles. The number of alkyl halides is 3. The first-order valence-corrected chi connectivity index (χ1v) is 6.17. The second kappa shape index (κ2) is 5.63. The molecule has 1 heterocycles. The first-order valence-electron chi connectivity index (χ1n) is 4.50. The van der Waals surface area contributed by atoms with Crippen LogP contribution in [0.25, 0.3) is 0 Å². The molecule has 0 aromatic heterocycles. The van der Waals surface area contributed by atoms with E-state index >= 15 is 0 Å². The highest BCUT2D eigenvalue weighted by molar-refractivity contribution is 6.64. The van der Waals surface area contributed by atoms with Crippen molar-refractivity contribution in [3.05, 3.63) is 0 Å². The predicted molar refractivity (Wildman–Crippen MR) is 62.2 cm³/mol. The van der Waals surface area contributed by atoms with E-state index in [1.54, 1.807) is 0 Å². The maximum Gasteiger partial charge on any atom is 0.413 e. The molecule has 16 heavy (non-hydrogen) atoms. The van der Waals surface area contributed by atoms with Crippen molar-refractivity contribution in [3.8, 4) is 0 Å². The maximum absolute atomic E-state index is 11.6. The summed E-state index contributed by atoms with van der Waals surface area (Å²) in [6.07, 6.45) is 0.397. The summed E-state index contributed by atoms with van der Waals surface area (Å²) < 4.78 is 2.94. The third-order valence-electron chi connectivity index (χ3n) is 2.14. The zero-order valence-corrected chi connectivity index (χ0v) is 11.1. The van der Waals surface area contributed by atoms with Gasteiger partial charge >= 0.3 is 6.09 Å². The van der Waals surface area contributed by atoms with Gasteiger partial charge in [0, 0.05) is 6.54 Å². The summed E-state index contributed by atoms with van der Waals surface area (Å²) in [6.45, 7) is 0.383. The van der Waals surface area contributed by atoms with Gasteiger partial charge in [-0.25, -0.2) is 4.79 Å². The van der Waals surface area contributed by atoms with Crippen LogP contribution in [0.2, 0.25) is 0 Å². The number of amides is 1. The largest absolute Gasteiger partial charge is 0.413 e. The number of nitrogens with zero attached hydrogens (tertiary/aromatic N) is 1. The molecule has 1 saturated heterocycles. The summed E-state index contributed by atoms with van der Waals surface area (Å²) in [7, 11) is 0. The van der Waals surface area contributed by atoms with E-state index in [-0.39, 0.29) is 5.88 Å². The summed E-state index contributed by atoms with van der Waals surface area (Å²) in [5, 5.41) is -0.602. The Kier molecular flexibility index (Phi) is 4.98. The van der Waals surface area contributed by atoms with Crippen molar-refractivity contribution in [2.24, 2.45) is 0 Å². The van der Waals surface area contributed by atoms with E-state index in [0.717, 1.165) is 0 Å². The molecule has 0 saturated carbocycles. The van der Waals surface area contributed by atoms with Gasteiger partial charge in [-0.15, -0.1) is 11.6 Å². The standard InChI is InChI=1S/C8H9Cl4NO3/c9-4-8(11,12)16-7(15)13-3-1-2-5(13)6(10)14/h5H,1-4H2. The number of ether oxygens (including phenoxy) is 1. The van der Waals surface area contributed by atoms with Crippen molar-refractivity contribution >= 4 is 57.7 Å². The molecule has 1 aliphatic heterocycles. The molecule has 0 N–H and O–H groups in total. The highest BCUT2D eigenvalue weighted by atomic mass is 35.5. The molecule has 1 amide bonds. The third kappa shape index (κ3) is 3.55. The molecule has 1 rings (SSSR count). The summed E-state index contributed by atoms with van der Waals surface area (Å²) in [5.41, 5.74) is 0. The fraction of sp³-hybridized carbons (Fsp3) is 0.750. The van der Waals surface area contributed by atoms with Gasteiger partial charge in [-0.3, -0.25) is 9.69 Å². The van der Waals surface area contributed by atoms with Crippen LogP contribution in [0.15, 0.2) is 0 Å². The molecular weight excluding hydrogens is 300 g/mol. The Balaban J connectivity index is 2.63. The lowest BCUT2D eigenvalue weighted by Gasteiger charge is -2.25. The van der Waals surface area contributed by atoms with Crippen LogP contribution in [0, 0.1) is 0 Å². The molecule has 1 unspecified atom stereocenters. The molecular formula is C8H9Cl4NO3. The van der Waals surface area contributed by atoms with Crippen LogP contribution < -0.4 is 0 Å². The van der Waals surface area contributed by atoms with Crippen LogP contribution in [0.1, 0.15) is 12.8 Å². The molecule has 0 radical (unpaired) electrons. The smallest absolute Gasteiger partial charge is 0.411 e. The molecule has 1 atom stereocenters. The van der Waals surface area contributed by atoms with Crippen molar-refractivity contribution in [3.63, 3.8) is 0 Å². The number of hydrogen-bond donors (Lipinski definition) is 0. The Labute approximate surface area is 113 Å². The minimum Gasteiger partial charge on any atom is -0.411 e. The molecule has 0 aromatic carbocycles. The minimum absolute atomic E-state index is 0.269. The summed E-state index contributed by atoms with van der Waals surface area (Å²) in [6, 6.07) is -0.673. The van der Waals surface area contributed by atoms with Gasteiger partial charge in [0.15, 0.2) is 0 Å². The number of carbonyl (C=O) groups excluding carboxylic acids is 2. The lowest BCUT2D eigenvalue weighted by molar-refractivity contribution is -0.115. The molecule has 92 valence electrons. The number of hydrogen-bond acceptors (Lipinski definition) is 3. The highest BCUT2D eigenvalue weighted by Crippen LogP contribution is 2.28. The van der Waals surface area contributed by atoms with E-state index in [1.165, 1.54) is 4.90 Å². The van der Waals surface area contributed by atoms with Crippen LogP contribution in [-0.4, -0.2) is 39.2 Å². The van der Waals surface area contributed by atoms with Crippen LogP contribution in [0.4, 0.5) is 4.79 Å². The van der Waals surface area contributed by atoms with Crippen molar-refractivity contribution in [1.29, 1.82) is 0 Å². The van der Waals surface area contributed by atoms with E-state index in [1.807, 2.05) is 0 Å². The van der Waals surface area contributed by atoms with Gasteiger partial charge in [0.2, 0.25) is 5.24 Å². The second-order valence-electron chi connectivity index (χ2n) is 3.29. The lowest BCUT2D eigenvalue weighted by atomic mass is 10.2. The SMILES string of the molecule is O=C(Cl)C1CCCN1C(=O)OC(Cl)(Cl)CCl. The summed E-state index contributed by atoms with van der Waals surface area (Å²) in [4.78, 5) is 23.8. The molecule has 1 fully saturated rings. The number of likely N-dealkylation sites (tertiary alicyclic amines) is 1. The Morgan fingerprint density at radius 3 is 2.56 bits per heavy atom. The van der Waals surface area contributed by atoms with Gasteiger partial charge in [-0.2, -0.15) is 0 Å². The lowest BCUT2D eigenvalue weighted by Crippen LogP contribution is -2.42. The molecule has 0 bridgehead atoms. The van der Waals surface area contributed by atoms with Gasteiger partial charge in [0.1, 0.15) is 6.04 Å². The molecule has 8 heteroatoms. The van der Waals surface area contributed by atoms with Crippen LogP contribution >= 0.6 is 46.4 Å². The molecule has 0 aromatic rings. The van der Waals surface area contributed by atoms with Crippen molar-refractivity contribution in [2.45, 2.75) is 23.4 Å². The van der Waals surface area contributed by atoms with Crippen LogP contribution in [0.5, 0.6) is 0 Å². The van der Waals surface area contributed by atoms with Crippen molar-refractivity contribution in [1.82, 2.24) is 4.90 Å². The monoisotopic (exact) mass is 307 g/mol. The van der Waals surface area contributed by atoms with Crippen LogP contribution in [-0.2, 0) is 9.53 Å². The summed E-state index contributed by atoms with van der Waals surface area (Å²) in [5.74, 6) is -0.269. The average Bonchev–Trinajstić information content (AvgIpc) is 2.65. The summed E-state index contributed by atoms with van der Waals surface area (Å²) >= 11 is 21.9. The number of rotatable bonds is 3. The van der Waals surface area contributed by atoms with Crippen molar-refractivity contribution in [2.75, 3.05) is 12.4 Å². The fourth-order valence-corrected chi connectivity index (χ4v) is 1.85. The number of halogens is 4. The average molecular weight is 309 g/mol. The minimum atomic E-state index is -1.79. The van der Waals surface area contributed by atoms with Gasteiger partial charge < -0.3 is 4.74 Å². The van der Waals surface area contributed by atoms with Gasteiger partial charge in [0.25, 0.3) is 4.52 Å². The zero-order chi connectivity index (χ0) is 12.3. The first kappa shape index (κ1) is 14.2. The van der Waals surface area contributed by atoms with Crippen LogP contribution in [0.3, 0.4) is 0 Å². The fourth-order valence-electron chi connectivity index (χ4n) is 1.43. The Bertz CT molecular complexity index is 297. The predicted octanol–water partition coefficient (Wildman–Crippen LogP) is 2.72. The van der Waals surface area contributed by atoms with E-state index in [9.17, 15) is 9.59 Å². The van der Waals surface area contributed by atoms with E-state index in [2.05, 4.69) is 0 Å². The first-order chi connectivity index (χ1) is 7.37. The molecule has 4 nitrogen and oxygen atoms in total. The molecule has 0 spiro atoms. The normalized spacial score (nSPS) is 21.0. The highest BCUT2D eigenvalue weighted by Gasteiger charge is 2.38. The quantitative estimate of drug-likeness (QED) is 0.595. The maximum atomic E-state index is 11.6. The van der Waals surface area contributed by atoms with Gasteiger partial charge in [-0.05, 0) is 24.4 Å². The second-order valence-corrected chi connectivity index (χ2v) is 5.35. The topological polar surface area (TPSA) is 46.6 Å². The Hall–Kier alpha value is 0.1000.